The lowest BCUT2D eigenvalue weighted by molar-refractivity contribution is -0.139. The van der Waals surface area contributed by atoms with E-state index < -0.39 is 23.6 Å². The Kier molecular flexibility index (Phi) is 5.83. The van der Waals surface area contributed by atoms with E-state index in [1.165, 1.54) is 12.1 Å². The van der Waals surface area contributed by atoms with Crippen LogP contribution in [0.15, 0.2) is 48.5 Å². The van der Waals surface area contributed by atoms with Crippen molar-refractivity contribution in [3.05, 3.63) is 65.7 Å². The number of hydrogen-bond acceptors (Lipinski definition) is 3. The second-order valence-corrected chi connectivity index (χ2v) is 6.60. The van der Waals surface area contributed by atoms with E-state index in [0.29, 0.717) is 38.0 Å². The molecule has 0 spiro atoms. The Morgan fingerprint density at radius 3 is 2.46 bits per heavy atom. The fourth-order valence-electron chi connectivity index (χ4n) is 3.38. The Morgan fingerprint density at radius 1 is 1.15 bits per heavy atom. The van der Waals surface area contributed by atoms with Crippen LogP contribution < -0.4 is 10.2 Å². The van der Waals surface area contributed by atoms with Gasteiger partial charge in [-0.2, -0.15) is 0 Å². The number of anilines is 1. The van der Waals surface area contributed by atoms with Gasteiger partial charge in [0, 0.05) is 25.2 Å². The van der Waals surface area contributed by atoms with Gasteiger partial charge in [0.15, 0.2) is 0 Å². The minimum absolute atomic E-state index is 0.0552. The molecule has 0 radical (unpaired) electrons. The molecule has 138 valence electrons. The lowest BCUT2D eigenvalue weighted by Crippen LogP contribution is -2.49. The minimum Gasteiger partial charge on any atom is -0.480 e. The molecule has 2 aromatic carbocycles. The molecule has 0 aromatic heterocycles. The number of hydrogen-bond donors (Lipinski definition) is 2. The van der Waals surface area contributed by atoms with E-state index in [0.717, 1.165) is 11.6 Å². The van der Waals surface area contributed by atoms with Crippen LogP contribution in [0.3, 0.4) is 0 Å². The largest absolute Gasteiger partial charge is 0.480 e. The predicted molar refractivity (Wildman–Crippen MR) is 96.3 cm³/mol. The van der Waals surface area contributed by atoms with Crippen LogP contribution in [-0.2, 0) is 11.2 Å². The number of carboxylic acid groups (broad SMARTS) is 1. The van der Waals surface area contributed by atoms with E-state index in [9.17, 15) is 18.7 Å². The van der Waals surface area contributed by atoms with Gasteiger partial charge in [-0.3, -0.25) is 4.79 Å². The van der Waals surface area contributed by atoms with Crippen molar-refractivity contribution >= 4 is 11.7 Å². The highest BCUT2D eigenvalue weighted by molar-refractivity contribution is 5.74. The molecule has 6 heteroatoms. The van der Waals surface area contributed by atoms with E-state index in [1.807, 2.05) is 35.2 Å². The smallest absolute Gasteiger partial charge is 0.321 e. The molecule has 2 N–H and O–H groups in total. The van der Waals surface area contributed by atoms with Crippen molar-refractivity contribution < 1.29 is 18.7 Å². The number of halogens is 2. The maximum absolute atomic E-state index is 13.9. The SMILES string of the molecule is O=C(O)[C@H](Cc1ccccc1)NC1CCN(c2ccc(F)cc2F)CC1. The number of rotatable bonds is 6. The average molecular weight is 360 g/mol. The third kappa shape index (κ3) is 4.58. The molecule has 0 saturated carbocycles. The van der Waals surface area contributed by atoms with Crippen LogP contribution >= 0.6 is 0 Å². The normalized spacial score (nSPS) is 16.5. The first-order valence-corrected chi connectivity index (χ1v) is 8.75. The zero-order chi connectivity index (χ0) is 18.5. The van der Waals surface area contributed by atoms with Gasteiger partial charge < -0.3 is 15.3 Å². The summed E-state index contributed by atoms with van der Waals surface area (Å²) in [4.78, 5) is 13.5. The number of benzene rings is 2. The Bertz CT molecular complexity index is 747. The fraction of sp³-hybridized carbons (Fsp3) is 0.350. The lowest BCUT2D eigenvalue weighted by Gasteiger charge is -2.35. The Labute approximate surface area is 151 Å². The lowest BCUT2D eigenvalue weighted by atomic mass is 10.00. The monoisotopic (exact) mass is 360 g/mol. The summed E-state index contributed by atoms with van der Waals surface area (Å²) in [5, 5.41) is 12.7. The summed E-state index contributed by atoms with van der Waals surface area (Å²) >= 11 is 0. The van der Waals surface area contributed by atoms with Gasteiger partial charge in [0.05, 0.1) is 5.69 Å². The van der Waals surface area contributed by atoms with Crippen molar-refractivity contribution in [1.82, 2.24) is 5.32 Å². The average Bonchev–Trinajstić information content (AvgIpc) is 2.63. The molecule has 0 aliphatic carbocycles. The summed E-state index contributed by atoms with van der Waals surface area (Å²) in [7, 11) is 0. The Morgan fingerprint density at radius 2 is 1.85 bits per heavy atom. The van der Waals surface area contributed by atoms with Crippen molar-refractivity contribution in [2.45, 2.75) is 31.3 Å². The van der Waals surface area contributed by atoms with E-state index in [1.54, 1.807) is 0 Å². The van der Waals surface area contributed by atoms with Gasteiger partial charge in [0.2, 0.25) is 0 Å². The Balaban J connectivity index is 1.57. The molecule has 1 aliphatic rings. The molecule has 1 saturated heterocycles. The predicted octanol–water partition coefficient (Wildman–Crippen LogP) is 3.22. The third-order valence-corrected chi connectivity index (χ3v) is 4.76. The number of piperidine rings is 1. The molecule has 1 heterocycles. The van der Waals surface area contributed by atoms with Crippen LogP contribution in [0.2, 0.25) is 0 Å². The van der Waals surface area contributed by atoms with Gasteiger partial charge in [0.25, 0.3) is 0 Å². The first kappa shape index (κ1) is 18.3. The van der Waals surface area contributed by atoms with Crippen molar-refractivity contribution in [3.8, 4) is 0 Å². The topological polar surface area (TPSA) is 52.6 Å². The third-order valence-electron chi connectivity index (χ3n) is 4.76. The van der Waals surface area contributed by atoms with Gasteiger partial charge >= 0.3 is 5.97 Å². The molecule has 3 rings (SSSR count). The first-order chi connectivity index (χ1) is 12.5. The van der Waals surface area contributed by atoms with Gasteiger partial charge in [-0.25, -0.2) is 8.78 Å². The second kappa shape index (κ2) is 8.27. The molecule has 26 heavy (non-hydrogen) atoms. The van der Waals surface area contributed by atoms with Crippen molar-refractivity contribution in [2.24, 2.45) is 0 Å². The van der Waals surface area contributed by atoms with Gasteiger partial charge in [-0.05, 0) is 37.0 Å². The molecule has 2 aromatic rings. The van der Waals surface area contributed by atoms with E-state index in [-0.39, 0.29) is 6.04 Å². The molecular formula is C20H22F2N2O2. The highest BCUT2D eigenvalue weighted by atomic mass is 19.1. The summed E-state index contributed by atoms with van der Waals surface area (Å²) in [5.41, 5.74) is 1.36. The minimum atomic E-state index is -0.874. The standard InChI is InChI=1S/C20H22F2N2O2/c21-15-6-7-19(17(22)13-15)24-10-8-16(9-11-24)23-18(20(25)26)12-14-4-2-1-3-5-14/h1-7,13,16,18,23H,8-12H2,(H,25,26)/t18-/m0/s1. The molecule has 1 atom stereocenters. The quantitative estimate of drug-likeness (QED) is 0.831. The van der Waals surface area contributed by atoms with Crippen LogP contribution in [-0.4, -0.2) is 36.2 Å². The number of carbonyl (C=O) groups is 1. The molecule has 1 fully saturated rings. The maximum Gasteiger partial charge on any atom is 0.321 e. The van der Waals surface area contributed by atoms with Crippen LogP contribution in [0.25, 0.3) is 0 Å². The van der Waals surface area contributed by atoms with Crippen LogP contribution in [0, 0.1) is 11.6 Å². The fourth-order valence-corrected chi connectivity index (χ4v) is 3.38. The highest BCUT2D eigenvalue weighted by Gasteiger charge is 2.26. The summed E-state index contributed by atoms with van der Waals surface area (Å²) in [5.74, 6) is -2.03. The first-order valence-electron chi connectivity index (χ1n) is 8.75. The van der Waals surface area contributed by atoms with Crippen molar-refractivity contribution in [1.29, 1.82) is 0 Å². The molecule has 1 aliphatic heterocycles. The Hall–Kier alpha value is -2.47. The molecule has 4 nitrogen and oxygen atoms in total. The van der Waals surface area contributed by atoms with Gasteiger partial charge in [0.1, 0.15) is 17.7 Å². The van der Waals surface area contributed by atoms with E-state index >= 15 is 0 Å². The number of nitrogens with zero attached hydrogens (tertiary/aromatic N) is 1. The number of carboxylic acids is 1. The van der Waals surface area contributed by atoms with E-state index in [4.69, 9.17) is 0 Å². The van der Waals surface area contributed by atoms with Crippen LogP contribution in [0.1, 0.15) is 18.4 Å². The van der Waals surface area contributed by atoms with Gasteiger partial charge in [-0.15, -0.1) is 0 Å². The number of nitrogens with one attached hydrogen (secondary N) is 1. The zero-order valence-corrected chi connectivity index (χ0v) is 14.4. The molecule has 0 bridgehead atoms. The molecule has 0 amide bonds. The molecular weight excluding hydrogens is 338 g/mol. The number of aliphatic carboxylic acids is 1. The molecule has 0 unspecified atom stereocenters. The van der Waals surface area contributed by atoms with E-state index in [2.05, 4.69) is 5.32 Å². The maximum atomic E-state index is 13.9. The van der Waals surface area contributed by atoms with Gasteiger partial charge in [-0.1, -0.05) is 30.3 Å². The van der Waals surface area contributed by atoms with Crippen molar-refractivity contribution in [3.63, 3.8) is 0 Å². The van der Waals surface area contributed by atoms with Crippen LogP contribution in [0.5, 0.6) is 0 Å². The summed E-state index contributed by atoms with van der Waals surface area (Å²) in [6, 6.07) is 12.5. The summed E-state index contributed by atoms with van der Waals surface area (Å²) < 4.78 is 27.0. The van der Waals surface area contributed by atoms with Crippen LogP contribution in [0.4, 0.5) is 14.5 Å². The second-order valence-electron chi connectivity index (χ2n) is 6.60. The van der Waals surface area contributed by atoms with Crippen molar-refractivity contribution in [2.75, 3.05) is 18.0 Å². The zero-order valence-electron chi connectivity index (χ0n) is 14.4. The summed E-state index contributed by atoms with van der Waals surface area (Å²) in [6.07, 6.45) is 1.83. The summed E-state index contributed by atoms with van der Waals surface area (Å²) in [6.45, 7) is 1.19. The highest BCUT2D eigenvalue weighted by Crippen LogP contribution is 2.24.